The second-order valence-corrected chi connectivity index (χ2v) is 4.39. The fourth-order valence-electron chi connectivity index (χ4n) is 1.53. The van der Waals surface area contributed by atoms with E-state index < -0.39 is 13.1 Å². The number of fused-ring (bicyclic) bond motifs is 1. The van der Waals surface area contributed by atoms with Gasteiger partial charge in [-0.15, -0.1) is 0 Å². The molecule has 0 saturated heterocycles. The molecule has 2 aromatic rings. The summed E-state index contributed by atoms with van der Waals surface area (Å²) in [5.74, 6) is -1.08. The van der Waals surface area contributed by atoms with Crippen molar-refractivity contribution in [3.63, 3.8) is 0 Å². The molecule has 86 valence electrons. The third-order valence-corrected chi connectivity index (χ3v) is 2.76. The molecular weight excluding hydrogens is 289 g/mol. The van der Waals surface area contributed by atoms with Crippen molar-refractivity contribution < 1.29 is 19.9 Å². The van der Waals surface area contributed by atoms with E-state index in [1.54, 1.807) is 6.07 Å². The van der Waals surface area contributed by atoms with Gasteiger partial charge in [0.15, 0.2) is 0 Å². The molecule has 7 heteroatoms. The lowest BCUT2D eigenvalue weighted by Gasteiger charge is -2.05. The van der Waals surface area contributed by atoms with Crippen LogP contribution in [0.25, 0.3) is 10.9 Å². The van der Waals surface area contributed by atoms with Crippen LogP contribution >= 0.6 is 15.9 Å². The van der Waals surface area contributed by atoms with Gasteiger partial charge in [0.25, 0.3) is 0 Å². The first-order valence-electron chi connectivity index (χ1n) is 4.67. The van der Waals surface area contributed by atoms with Gasteiger partial charge in [-0.05, 0) is 12.1 Å². The largest absolute Gasteiger partial charge is 0.490 e. The Morgan fingerprint density at radius 2 is 2.00 bits per heavy atom. The lowest BCUT2D eigenvalue weighted by Crippen LogP contribution is -2.30. The highest BCUT2D eigenvalue weighted by Crippen LogP contribution is 2.22. The van der Waals surface area contributed by atoms with Gasteiger partial charge in [0.1, 0.15) is 0 Å². The number of carboxylic acid groups (broad SMARTS) is 1. The van der Waals surface area contributed by atoms with E-state index in [4.69, 9.17) is 15.2 Å². The minimum Gasteiger partial charge on any atom is -0.478 e. The number of nitrogens with zero attached hydrogens (tertiary/aromatic N) is 1. The van der Waals surface area contributed by atoms with E-state index in [9.17, 15) is 4.79 Å². The normalized spacial score (nSPS) is 10.5. The van der Waals surface area contributed by atoms with Crippen molar-refractivity contribution in [3.8, 4) is 0 Å². The topological polar surface area (TPSA) is 90.7 Å². The number of hydrogen-bond acceptors (Lipinski definition) is 4. The molecular formula is C10H7BBrNO4. The maximum absolute atomic E-state index is 11.0. The number of benzene rings is 1. The van der Waals surface area contributed by atoms with Crippen LogP contribution in [0.1, 0.15) is 10.4 Å². The Morgan fingerprint density at radius 1 is 1.29 bits per heavy atom. The Morgan fingerprint density at radius 3 is 2.59 bits per heavy atom. The first kappa shape index (κ1) is 12.0. The van der Waals surface area contributed by atoms with E-state index in [0.717, 1.165) is 0 Å². The molecule has 0 saturated carbocycles. The summed E-state index contributed by atoms with van der Waals surface area (Å²) in [6, 6.07) is 4.61. The SMILES string of the molecule is O=C(O)c1cc(Br)cc2cc(B(O)O)cnc12. The van der Waals surface area contributed by atoms with Crippen molar-refractivity contribution in [2.75, 3.05) is 0 Å². The number of aromatic carboxylic acids is 1. The number of hydrogen-bond donors (Lipinski definition) is 3. The number of carbonyl (C=O) groups is 1. The third-order valence-electron chi connectivity index (χ3n) is 2.30. The summed E-state index contributed by atoms with van der Waals surface area (Å²) in [6.07, 6.45) is 1.24. The molecule has 0 bridgehead atoms. The summed E-state index contributed by atoms with van der Waals surface area (Å²) in [6.45, 7) is 0. The van der Waals surface area contributed by atoms with Gasteiger partial charge >= 0.3 is 13.1 Å². The Balaban J connectivity index is 2.75. The van der Waals surface area contributed by atoms with Gasteiger partial charge in [0.2, 0.25) is 0 Å². The Kier molecular flexibility index (Phi) is 3.14. The minimum absolute atomic E-state index is 0.0633. The number of halogens is 1. The van der Waals surface area contributed by atoms with Crippen molar-refractivity contribution in [1.29, 1.82) is 0 Å². The van der Waals surface area contributed by atoms with Crippen LogP contribution < -0.4 is 5.46 Å². The van der Waals surface area contributed by atoms with Crippen LogP contribution in [0.3, 0.4) is 0 Å². The molecule has 1 heterocycles. The highest BCUT2D eigenvalue weighted by Gasteiger charge is 2.15. The molecule has 0 unspecified atom stereocenters. The smallest absolute Gasteiger partial charge is 0.478 e. The maximum Gasteiger partial charge on any atom is 0.490 e. The molecule has 0 spiro atoms. The number of aromatic nitrogens is 1. The fraction of sp³-hybridized carbons (Fsp3) is 0. The van der Waals surface area contributed by atoms with Crippen molar-refractivity contribution in [3.05, 3.63) is 34.4 Å². The standard InChI is InChI=1S/C10H7BBrNO4/c12-7-2-5-1-6(11(16)17)4-13-9(5)8(3-7)10(14)15/h1-4,16-17H,(H,14,15). The zero-order valence-corrected chi connectivity index (χ0v) is 10.0. The molecule has 1 aromatic heterocycles. The number of carboxylic acids is 1. The van der Waals surface area contributed by atoms with E-state index in [2.05, 4.69) is 20.9 Å². The first-order valence-corrected chi connectivity index (χ1v) is 5.47. The van der Waals surface area contributed by atoms with Gasteiger partial charge in [-0.1, -0.05) is 22.0 Å². The van der Waals surface area contributed by atoms with E-state index in [1.807, 2.05) is 0 Å². The molecule has 0 aliphatic carbocycles. The Labute approximate surface area is 105 Å². The molecule has 3 N–H and O–H groups in total. The van der Waals surface area contributed by atoms with E-state index >= 15 is 0 Å². The van der Waals surface area contributed by atoms with Crippen LogP contribution in [0, 0.1) is 0 Å². The first-order chi connectivity index (χ1) is 7.99. The molecule has 0 atom stereocenters. The third kappa shape index (κ3) is 2.31. The van der Waals surface area contributed by atoms with E-state index in [-0.39, 0.29) is 11.0 Å². The second kappa shape index (κ2) is 4.44. The average Bonchev–Trinajstić information content (AvgIpc) is 2.26. The molecule has 0 fully saturated rings. The van der Waals surface area contributed by atoms with Crippen LogP contribution in [0.5, 0.6) is 0 Å². The predicted octanol–water partition coefficient (Wildman–Crippen LogP) is 0.375. The lowest BCUT2D eigenvalue weighted by atomic mass is 9.81. The van der Waals surface area contributed by atoms with Crippen molar-refractivity contribution in [2.24, 2.45) is 0 Å². The molecule has 5 nitrogen and oxygen atoms in total. The summed E-state index contributed by atoms with van der Waals surface area (Å²) >= 11 is 3.20. The molecule has 2 rings (SSSR count). The number of rotatable bonds is 2. The summed E-state index contributed by atoms with van der Waals surface area (Å²) in [4.78, 5) is 15.0. The Bertz CT molecular complexity index is 602. The van der Waals surface area contributed by atoms with E-state index in [0.29, 0.717) is 15.4 Å². The van der Waals surface area contributed by atoms with Crippen molar-refractivity contribution in [2.45, 2.75) is 0 Å². The van der Waals surface area contributed by atoms with Crippen LogP contribution in [0.15, 0.2) is 28.9 Å². The van der Waals surface area contributed by atoms with Gasteiger partial charge in [-0.25, -0.2) is 4.79 Å². The van der Waals surface area contributed by atoms with Crippen molar-refractivity contribution in [1.82, 2.24) is 4.98 Å². The molecule has 17 heavy (non-hydrogen) atoms. The maximum atomic E-state index is 11.0. The quantitative estimate of drug-likeness (QED) is 0.697. The van der Waals surface area contributed by atoms with E-state index in [1.165, 1.54) is 18.3 Å². The predicted molar refractivity (Wildman–Crippen MR) is 66.2 cm³/mol. The highest BCUT2D eigenvalue weighted by molar-refractivity contribution is 9.10. The zero-order chi connectivity index (χ0) is 12.6. The summed E-state index contributed by atoms with van der Waals surface area (Å²) in [5.41, 5.74) is 0.588. The van der Waals surface area contributed by atoms with Crippen LogP contribution in [0.4, 0.5) is 0 Å². The van der Waals surface area contributed by atoms with Gasteiger partial charge in [0.05, 0.1) is 11.1 Å². The minimum atomic E-state index is -1.63. The molecule has 1 aromatic carbocycles. The average molecular weight is 296 g/mol. The lowest BCUT2D eigenvalue weighted by molar-refractivity contribution is 0.0698. The molecule has 0 radical (unpaired) electrons. The molecule has 0 aliphatic heterocycles. The zero-order valence-electron chi connectivity index (χ0n) is 8.46. The highest BCUT2D eigenvalue weighted by atomic mass is 79.9. The second-order valence-electron chi connectivity index (χ2n) is 3.47. The molecule has 0 amide bonds. The van der Waals surface area contributed by atoms with Crippen LogP contribution in [0.2, 0.25) is 0 Å². The Hall–Kier alpha value is -1.44. The summed E-state index contributed by atoms with van der Waals surface area (Å²) in [5, 5.41) is 27.6. The van der Waals surface area contributed by atoms with Gasteiger partial charge < -0.3 is 15.2 Å². The van der Waals surface area contributed by atoms with Crippen LogP contribution in [-0.4, -0.2) is 33.2 Å². The van der Waals surface area contributed by atoms with Gasteiger partial charge in [0, 0.05) is 21.5 Å². The van der Waals surface area contributed by atoms with Crippen LogP contribution in [-0.2, 0) is 0 Å². The monoisotopic (exact) mass is 295 g/mol. The summed E-state index contributed by atoms with van der Waals surface area (Å²) in [7, 11) is -1.63. The molecule has 0 aliphatic rings. The van der Waals surface area contributed by atoms with Crippen molar-refractivity contribution >= 4 is 45.4 Å². The van der Waals surface area contributed by atoms with Gasteiger partial charge in [-0.3, -0.25) is 4.98 Å². The fourth-order valence-corrected chi connectivity index (χ4v) is 2.01. The number of pyridine rings is 1. The summed E-state index contributed by atoms with van der Waals surface area (Å²) < 4.78 is 0.591. The van der Waals surface area contributed by atoms with Gasteiger partial charge in [-0.2, -0.15) is 0 Å².